The Morgan fingerprint density at radius 1 is 1.24 bits per heavy atom. The lowest BCUT2D eigenvalue weighted by Gasteiger charge is -2.32. The summed E-state index contributed by atoms with van der Waals surface area (Å²) in [6, 6.07) is 5.72. The first-order chi connectivity index (χ1) is 8.31. The summed E-state index contributed by atoms with van der Waals surface area (Å²) in [4.78, 5) is 2.66. The molecular formula is C14H22N2O. The molecule has 2 heterocycles. The van der Waals surface area contributed by atoms with Gasteiger partial charge < -0.3 is 14.6 Å². The zero-order chi connectivity index (χ0) is 11.7. The number of furan rings is 1. The zero-order valence-corrected chi connectivity index (χ0v) is 10.6. The fourth-order valence-corrected chi connectivity index (χ4v) is 2.73. The molecule has 1 saturated carbocycles. The molecule has 3 nitrogen and oxygen atoms in total. The summed E-state index contributed by atoms with van der Waals surface area (Å²) in [7, 11) is 0. The van der Waals surface area contributed by atoms with E-state index in [4.69, 9.17) is 4.42 Å². The van der Waals surface area contributed by atoms with E-state index in [0.29, 0.717) is 6.04 Å². The number of hydrogen-bond acceptors (Lipinski definition) is 3. The van der Waals surface area contributed by atoms with Crippen LogP contribution in [0, 0.1) is 6.92 Å². The van der Waals surface area contributed by atoms with Crippen molar-refractivity contribution >= 4 is 0 Å². The molecule has 0 atom stereocenters. The highest BCUT2D eigenvalue weighted by Crippen LogP contribution is 2.29. The summed E-state index contributed by atoms with van der Waals surface area (Å²) in [5, 5.41) is 3.61. The standard InChI is InChI=1S/C14H22N2O/c1-11-2-5-14(17-11)10-15-12-6-8-16(9-7-12)13-3-4-13/h2,5,12-13,15H,3-4,6-10H2,1H3. The quantitative estimate of drug-likeness (QED) is 0.866. The highest BCUT2D eigenvalue weighted by Gasteiger charge is 2.31. The predicted molar refractivity (Wildman–Crippen MR) is 67.9 cm³/mol. The molecule has 1 aliphatic heterocycles. The van der Waals surface area contributed by atoms with Crippen LogP contribution in [0.1, 0.15) is 37.2 Å². The Balaban J connectivity index is 1.41. The van der Waals surface area contributed by atoms with Crippen LogP contribution < -0.4 is 5.32 Å². The Hall–Kier alpha value is -0.800. The molecule has 2 aliphatic rings. The van der Waals surface area contributed by atoms with Crippen molar-refractivity contribution in [2.75, 3.05) is 13.1 Å². The van der Waals surface area contributed by atoms with Crippen LogP contribution in [0.2, 0.25) is 0 Å². The SMILES string of the molecule is Cc1ccc(CNC2CCN(C3CC3)CC2)o1. The third-order valence-electron chi connectivity index (χ3n) is 3.95. The molecule has 1 N–H and O–H groups in total. The van der Waals surface area contributed by atoms with Crippen LogP contribution in [0.3, 0.4) is 0 Å². The number of likely N-dealkylation sites (tertiary alicyclic amines) is 1. The highest BCUT2D eigenvalue weighted by molar-refractivity contribution is 5.05. The molecule has 3 heteroatoms. The van der Waals surface area contributed by atoms with Crippen molar-refractivity contribution in [1.82, 2.24) is 10.2 Å². The molecule has 1 saturated heterocycles. The van der Waals surface area contributed by atoms with Crippen molar-refractivity contribution < 1.29 is 4.42 Å². The summed E-state index contributed by atoms with van der Waals surface area (Å²) in [6.07, 6.45) is 5.44. The predicted octanol–water partition coefficient (Wildman–Crippen LogP) is 2.30. The van der Waals surface area contributed by atoms with E-state index in [-0.39, 0.29) is 0 Å². The van der Waals surface area contributed by atoms with Gasteiger partial charge in [-0.05, 0) is 57.8 Å². The minimum Gasteiger partial charge on any atom is -0.465 e. The van der Waals surface area contributed by atoms with Crippen LogP contribution in [0.25, 0.3) is 0 Å². The van der Waals surface area contributed by atoms with Gasteiger partial charge in [-0.25, -0.2) is 0 Å². The van der Waals surface area contributed by atoms with Gasteiger partial charge in [-0.3, -0.25) is 0 Å². The van der Waals surface area contributed by atoms with Gasteiger partial charge in [-0.2, -0.15) is 0 Å². The topological polar surface area (TPSA) is 28.4 Å². The van der Waals surface area contributed by atoms with Gasteiger partial charge >= 0.3 is 0 Å². The largest absolute Gasteiger partial charge is 0.465 e. The van der Waals surface area contributed by atoms with E-state index in [1.807, 2.05) is 13.0 Å². The number of rotatable bonds is 4. The Morgan fingerprint density at radius 3 is 2.59 bits per heavy atom. The van der Waals surface area contributed by atoms with Gasteiger partial charge in [0.05, 0.1) is 6.54 Å². The van der Waals surface area contributed by atoms with Crippen LogP contribution in [-0.2, 0) is 6.54 Å². The fourth-order valence-electron chi connectivity index (χ4n) is 2.73. The lowest BCUT2D eigenvalue weighted by atomic mass is 10.0. The van der Waals surface area contributed by atoms with Crippen LogP contribution in [0.15, 0.2) is 16.5 Å². The van der Waals surface area contributed by atoms with Crippen molar-refractivity contribution in [2.45, 2.75) is 51.2 Å². The third kappa shape index (κ3) is 2.90. The van der Waals surface area contributed by atoms with Crippen molar-refractivity contribution in [2.24, 2.45) is 0 Å². The second-order valence-corrected chi connectivity index (χ2v) is 5.43. The molecule has 1 aliphatic carbocycles. The Morgan fingerprint density at radius 2 is 2.00 bits per heavy atom. The number of aryl methyl sites for hydroxylation is 1. The first kappa shape index (κ1) is 11.3. The van der Waals surface area contributed by atoms with Gasteiger partial charge in [0, 0.05) is 12.1 Å². The number of piperidine rings is 1. The molecule has 0 spiro atoms. The Bertz CT molecular complexity index is 362. The van der Waals surface area contributed by atoms with E-state index in [0.717, 1.165) is 24.1 Å². The Kier molecular flexibility index (Phi) is 3.21. The van der Waals surface area contributed by atoms with E-state index in [1.165, 1.54) is 38.8 Å². The fraction of sp³-hybridized carbons (Fsp3) is 0.714. The molecule has 0 bridgehead atoms. The molecule has 2 fully saturated rings. The second kappa shape index (κ2) is 4.83. The Labute approximate surface area is 103 Å². The summed E-state index contributed by atoms with van der Waals surface area (Å²) < 4.78 is 5.57. The van der Waals surface area contributed by atoms with Crippen LogP contribution in [0.5, 0.6) is 0 Å². The van der Waals surface area contributed by atoms with Gasteiger partial charge in [0.1, 0.15) is 11.5 Å². The van der Waals surface area contributed by atoms with E-state index in [1.54, 1.807) is 0 Å². The molecule has 1 aromatic rings. The van der Waals surface area contributed by atoms with E-state index < -0.39 is 0 Å². The minimum atomic E-state index is 0.676. The summed E-state index contributed by atoms with van der Waals surface area (Å²) in [6.45, 7) is 5.43. The molecule has 1 aromatic heterocycles. The number of nitrogens with zero attached hydrogens (tertiary/aromatic N) is 1. The van der Waals surface area contributed by atoms with Gasteiger partial charge in [0.15, 0.2) is 0 Å². The van der Waals surface area contributed by atoms with Gasteiger partial charge in [-0.1, -0.05) is 0 Å². The molecule has 0 radical (unpaired) electrons. The maximum atomic E-state index is 5.57. The van der Waals surface area contributed by atoms with Gasteiger partial charge in [-0.15, -0.1) is 0 Å². The molecule has 17 heavy (non-hydrogen) atoms. The highest BCUT2D eigenvalue weighted by atomic mass is 16.3. The smallest absolute Gasteiger partial charge is 0.117 e. The van der Waals surface area contributed by atoms with Crippen molar-refractivity contribution in [3.8, 4) is 0 Å². The average Bonchev–Trinajstić information content (AvgIpc) is 3.11. The second-order valence-electron chi connectivity index (χ2n) is 5.43. The summed E-state index contributed by atoms with van der Waals surface area (Å²) in [5.74, 6) is 2.07. The van der Waals surface area contributed by atoms with Crippen LogP contribution in [-0.4, -0.2) is 30.1 Å². The van der Waals surface area contributed by atoms with E-state index in [9.17, 15) is 0 Å². The summed E-state index contributed by atoms with van der Waals surface area (Å²) >= 11 is 0. The number of hydrogen-bond donors (Lipinski definition) is 1. The maximum absolute atomic E-state index is 5.57. The van der Waals surface area contributed by atoms with Crippen LogP contribution in [0.4, 0.5) is 0 Å². The van der Waals surface area contributed by atoms with Crippen LogP contribution >= 0.6 is 0 Å². The summed E-state index contributed by atoms with van der Waals surface area (Å²) in [5.41, 5.74) is 0. The maximum Gasteiger partial charge on any atom is 0.117 e. The van der Waals surface area contributed by atoms with Crippen molar-refractivity contribution in [1.29, 1.82) is 0 Å². The molecule has 0 unspecified atom stereocenters. The lowest BCUT2D eigenvalue weighted by molar-refractivity contribution is 0.187. The van der Waals surface area contributed by atoms with Crippen molar-refractivity contribution in [3.05, 3.63) is 23.7 Å². The van der Waals surface area contributed by atoms with Gasteiger partial charge in [0.2, 0.25) is 0 Å². The lowest BCUT2D eigenvalue weighted by Crippen LogP contribution is -2.43. The third-order valence-corrected chi connectivity index (χ3v) is 3.95. The number of nitrogens with one attached hydrogen (secondary N) is 1. The molecular weight excluding hydrogens is 212 g/mol. The first-order valence-electron chi connectivity index (χ1n) is 6.84. The monoisotopic (exact) mass is 234 g/mol. The average molecular weight is 234 g/mol. The normalized spacial score (nSPS) is 23.1. The van der Waals surface area contributed by atoms with Crippen molar-refractivity contribution in [3.63, 3.8) is 0 Å². The minimum absolute atomic E-state index is 0.676. The molecule has 0 aromatic carbocycles. The van der Waals surface area contributed by atoms with Gasteiger partial charge in [0.25, 0.3) is 0 Å². The molecule has 3 rings (SSSR count). The zero-order valence-electron chi connectivity index (χ0n) is 10.6. The molecule has 0 amide bonds. The molecule has 94 valence electrons. The van der Waals surface area contributed by atoms with E-state index >= 15 is 0 Å². The van der Waals surface area contributed by atoms with E-state index in [2.05, 4.69) is 16.3 Å². The first-order valence-corrected chi connectivity index (χ1v) is 6.84.